The zero-order valence-electron chi connectivity index (χ0n) is 10.2. The van der Waals surface area contributed by atoms with Gasteiger partial charge in [0.1, 0.15) is 0 Å². The Balaban J connectivity index is 1.67. The van der Waals surface area contributed by atoms with Gasteiger partial charge in [0.15, 0.2) is 0 Å². The number of thiazole rings is 1. The van der Waals surface area contributed by atoms with Crippen molar-refractivity contribution in [1.82, 2.24) is 4.98 Å². The zero-order chi connectivity index (χ0) is 12.3. The third-order valence-electron chi connectivity index (χ3n) is 3.25. The summed E-state index contributed by atoms with van der Waals surface area (Å²) in [6.45, 7) is 3.51. The van der Waals surface area contributed by atoms with E-state index >= 15 is 0 Å². The molecule has 1 saturated carbocycles. The van der Waals surface area contributed by atoms with Crippen LogP contribution in [0.15, 0.2) is 5.51 Å². The Bertz CT molecular complexity index is 398. The fraction of sp³-hybridized carbons (Fsp3) is 0.667. The highest BCUT2D eigenvalue weighted by atomic mass is 32.1. The van der Waals surface area contributed by atoms with E-state index in [1.807, 2.05) is 12.4 Å². The zero-order valence-corrected chi connectivity index (χ0v) is 11.0. The van der Waals surface area contributed by atoms with Crippen LogP contribution in [0.4, 0.5) is 0 Å². The molecule has 1 heterocycles. The maximum Gasteiger partial charge on any atom is 0.0911 e. The van der Waals surface area contributed by atoms with E-state index in [-0.39, 0.29) is 11.3 Å². The lowest BCUT2D eigenvalue weighted by molar-refractivity contribution is 0.0951. The number of ether oxygens (including phenoxy) is 1. The first-order valence-electron chi connectivity index (χ1n) is 5.91. The van der Waals surface area contributed by atoms with E-state index in [0.717, 1.165) is 38.2 Å². The van der Waals surface area contributed by atoms with Gasteiger partial charge in [0.2, 0.25) is 0 Å². The second kappa shape index (κ2) is 5.14. The molecule has 0 aliphatic heterocycles. The van der Waals surface area contributed by atoms with Crippen LogP contribution >= 0.6 is 11.3 Å². The molecule has 0 bridgehead atoms. The second-order valence-electron chi connectivity index (χ2n) is 4.87. The van der Waals surface area contributed by atoms with Crippen molar-refractivity contribution < 1.29 is 4.74 Å². The van der Waals surface area contributed by atoms with Gasteiger partial charge in [0, 0.05) is 23.1 Å². The van der Waals surface area contributed by atoms with Crippen molar-refractivity contribution >= 4 is 17.2 Å². The fourth-order valence-corrected chi connectivity index (χ4v) is 2.74. The quantitative estimate of drug-likeness (QED) is 0.444. The minimum absolute atomic E-state index is 0.189. The van der Waals surface area contributed by atoms with Crippen LogP contribution in [0.25, 0.3) is 0 Å². The molecule has 1 aliphatic rings. The van der Waals surface area contributed by atoms with E-state index in [0.29, 0.717) is 6.42 Å². The SMILES string of the molecule is Cc1ncsc1CCOCC1(CC(=N)N)CC1. The number of aromatic nitrogens is 1. The molecule has 1 aromatic heterocycles. The number of rotatable bonds is 7. The maximum atomic E-state index is 7.33. The van der Waals surface area contributed by atoms with Gasteiger partial charge in [-0.2, -0.15) is 0 Å². The largest absolute Gasteiger partial charge is 0.388 e. The van der Waals surface area contributed by atoms with E-state index in [1.54, 1.807) is 11.3 Å². The second-order valence-corrected chi connectivity index (χ2v) is 5.80. The van der Waals surface area contributed by atoms with Crippen LogP contribution in [-0.2, 0) is 11.2 Å². The minimum atomic E-state index is 0.189. The Labute approximate surface area is 106 Å². The summed E-state index contributed by atoms with van der Waals surface area (Å²) >= 11 is 1.69. The van der Waals surface area contributed by atoms with Crippen LogP contribution < -0.4 is 5.73 Å². The lowest BCUT2D eigenvalue weighted by atomic mass is 10.0. The smallest absolute Gasteiger partial charge is 0.0911 e. The topological polar surface area (TPSA) is 72.0 Å². The number of hydrogen-bond acceptors (Lipinski definition) is 4. The first-order chi connectivity index (χ1) is 8.11. The molecule has 1 aromatic rings. The van der Waals surface area contributed by atoms with Crippen molar-refractivity contribution in [2.45, 2.75) is 32.6 Å². The van der Waals surface area contributed by atoms with Gasteiger partial charge in [0.25, 0.3) is 0 Å². The minimum Gasteiger partial charge on any atom is -0.388 e. The molecular formula is C12H19N3OS. The average molecular weight is 253 g/mol. The molecule has 0 amide bonds. The maximum absolute atomic E-state index is 7.33. The summed E-state index contributed by atoms with van der Waals surface area (Å²) in [6.07, 6.45) is 3.91. The molecular weight excluding hydrogens is 234 g/mol. The van der Waals surface area contributed by atoms with Crippen LogP contribution in [0, 0.1) is 17.7 Å². The molecule has 3 N–H and O–H groups in total. The van der Waals surface area contributed by atoms with Crippen LogP contribution in [0.5, 0.6) is 0 Å². The molecule has 94 valence electrons. The molecule has 0 aromatic carbocycles. The predicted octanol–water partition coefficient (Wildman–Crippen LogP) is 2.12. The van der Waals surface area contributed by atoms with Crippen molar-refractivity contribution in [2.75, 3.05) is 13.2 Å². The van der Waals surface area contributed by atoms with E-state index < -0.39 is 0 Å². The number of hydrogen-bond donors (Lipinski definition) is 2. The van der Waals surface area contributed by atoms with Gasteiger partial charge in [0.05, 0.1) is 30.3 Å². The van der Waals surface area contributed by atoms with Crippen molar-refractivity contribution in [3.05, 3.63) is 16.1 Å². The Morgan fingerprint density at radius 1 is 1.65 bits per heavy atom. The summed E-state index contributed by atoms with van der Waals surface area (Å²) in [6, 6.07) is 0. The Morgan fingerprint density at radius 3 is 2.94 bits per heavy atom. The summed E-state index contributed by atoms with van der Waals surface area (Å²) in [4.78, 5) is 5.52. The first-order valence-corrected chi connectivity index (χ1v) is 6.79. The van der Waals surface area contributed by atoms with Gasteiger partial charge in [-0.05, 0) is 19.8 Å². The van der Waals surface area contributed by atoms with Crippen LogP contribution in [0.3, 0.4) is 0 Å². The van der Waals surface area contributed by atoms with Gasteiger partial charge >= 0.3 is 0 Å². The van der Waals surface area contributed by atoms with E-state index in [4.69, 9.17) is 15.9 Å². The van der Waals surface area contributed by atoms with Crippen molar-refractivity contribution in [3.8, 4) is 0 Å². The molecule has 0 atom stereocenters. The normalized spacial score (nSPS) is 17.0. The van der Waals surface area contributed by atoms with Gasteiger partial charge in [-0.15, -0.1) is 11.3 Å². The average Bonchev–Trinajstić information content (AvgIpc) is 2.88. The molecule has 1 fully saturated rings. The highest BCUT2D eigenvalue weighted by molar-refractivity contribution is 7.09. The van der Waals surface area contributed by atoms with Crippen LogP contribution in [0.1, 0.15) is 29.8 Å². The van der Waals surface area contributed by atoms with E-state index in [9.17, 15) is 0 Å². The van der Waals surface area contributed by atoms with Gasteiger partial charge < -0.3 is 10.5 Å². The van der Waals surface area contributed by atoms with Gasteiger partial charge in [-0.1, -0.05) is 0 Å². The number of nitrogens with one attached hydrogen (secondary N) is 1. The lowest BCUT2D eigenvalue weighted by Crippen LogP contribution is -2.21. The number of aryl methyl sites for hydroxylation is 1. The van der Waals surface area contributed by atoms with Gasteiger partial charge in [-0.25, -0.2) is 4.98 Å². The summed E-state index contributed by atoms with van der Waals surface area (Å²) < 4.78 is 5.72. The van der Waals surface area contributed by atoms with E-state index in [1.165, 1.54) is 4.88 Å². The van der Waals surface area contributed by atoms with Crippen molar-refractivity contribution in [1.29, 1.82) is 5.41 Å². The standard InChI is InChI=1S/C12H19N3OS/c1-9-10(17-8-15-9)2-5-16-7-12(3-4-12)6-11(13)14/h8H,2-7H2,1H3,(H3,13,14). The van der Waals surface area contributed by atoms with Crippen LogP contribution in [-0.4, -0.2) is 24.0 Å². The molecule has 0 spiro atoms. The van der Waals surface area contributed by atoms with E-state index in [2.05, 4.69) is 4.98 Å². The molecule has 0 unspecified atom stereocenters. The lowest BCUT2D eigenvalue weighted by Gasteiger charge is -2.14. The number of nitrogens with zero attached hydrogens (tertiary/aromatic N) is 1. The molecule has 1 aliphatic carbocycles. The Hall–Kier alpha value is -0.940. The monoisotopic (exact) mass is 253 g/mol. The Morgan fingerprint density at radius 2 is 2.41 bits per heavy atom. The highest BCUT2D eigenvalue weighted by Crippen LogP contribution is 2.48. The van der Waals surface area contributed by atoms with Gasteiger partial charge in [-0.3, -0.25) is 5.41 Å². The molecule has 0 saturated heterocycles. The molecule has 0 radical (unpaired) electrons. The van der Waals surface area contributed by atoms with Crippen molar-refractivity contribution in [3.63, 3.8) is 0 Å². The highest BCUT2D eigenvalue weighted by Gasteiger charge is 2.43. The summed E-state index contributed by atoms with van der Waals surface area (Å²) in [5.74, 6) is 0.282. The molecule has 2 rings (SSSR count). The summed E-state index contributed by atoms with van der Waals surface area (Å²) in [5, 5.41) is 7.33. The van der Waals surface area contributed by atoms with Crippen LogP contribution in [0.2, 0.25) is 0 Å². The third-order valence-corrected chi connectivity index (χ3v) is 4.24. The first kappa shape index (κ1) is 12.5. The third kappa shape index (κ3) is 3.51. The molecule has 5 heteroatoms. The predicted molar refractivity (Wildman–Crippen MR) is 69.6 cm³/mol. The Kier molecular flexibility index (Phi) is 3.79. The number of amidine groups is 1. The fourth-order valence-electron chi connectivity index (χ4n) is 1.97. The molecule has 4 nitrogen and oxygen atoms in total. The van der Waals surface area contributed by atoms with Crippen molar-refractivity contribution in [2.24, 2.45) is 11.1 Å². The number of nitrogens with two attached hydrogens (primary N) is 1. The summed E-state index contributed by atoms with van der Waals surface area (Å²) in [5.41, 5.74) is 8.62. The summed E-state index contributed by atoms with van der Waals surface area (Å²) in [7, 11) is 0. The molecule has 17 heavy (non-hydrogen) atoms.